The second kappa shape index (κ2) is 7.33. The molecule has 1 N–H and O–H groups in total. The van der Waals surface area contributed by atoms with Gasteiger partial charge < -0.3 is 10.1 Å². The molecule has 0 aromatic heterocycles. The van der Waals surface area contributed by atoms with Gasteiger partial charge in [-0.25, -0.2) is 0 Å². The van der Waals surface area contributed by atoms with Crippen LogP contribution < -0.4 is 10.1 Å². The van der Waals surface area contributed by atoms with Gasteiger partial charge in [-0.1, -0.05) is 31.4 Å². The summed E-state index contributed by atoms with van der Waals surface area (Å²) in [7, 11) is 0. The molecule has 1 aliphatic carbocycles. The molecule has 0 aliphatic heterocycles. The summed E-state index contributed by atoms with van der Waals surface area (Å²) < 4.78 is 5.92. The third-order valence-electron chi connectivity index (χ3n) is 4.14. The third-order valence-corrected chi connectivity index (χ3v) is 4.36. The van der Waals surface area contributed by atoms with Gasteiger partial charge in [-0.3, -0.25) is 0 Å². The van der Waals surface area contributed by atoms with Crippen LogP contribution in [-0.2, 0) is 0 Å². The lowest BCUT2D eigenvalue weighted by Crippen LogP contribution is -2.36. The molecule has 2 unspecified atom stereocenters. The molecule has 0 heterocycles. The highest BCUT2D eigenvalue weighted by atomic mass is 35.5. The predicted octanol–water partition coefficient (Wildman–Crippen LogP) is 4.50. The van der Waals surface area contributed by atoms with Gasteiger partial charge in [0, 0.05) is 17.6 Å². The first-order valence-electron chi connectivity index (χ1n) is 7.69. The van der Waals surface area contributed by atoms with E-state index in [0.29, 0.717) is 12.6 Å². The van der Waals surface area contributed by atoms with Crippen LogP contribution in [0, 0.1) is 19.8 Å². The summed E-state index contributed by atoms with van der Waals surface area (Å²) in [5, 5.41) is 4.40. The Morgan fingerprint density at radius 3 is 2.60 bits per heavy atom. The van der Waals surface area contributed by atoms with Gasteiger partial charge in [0.2, 0.25) is 0 Å². The van der Waals surface area contributed by atoms with E-state index < -0.39 is 0 Å². The van der Waals surface area contributed by atoms with Crippen LogP contribution in [0.25, 0.3) is 0 Å². The van der Waals surface area contributed by atoms with Crippen LogP contribution in [0.1, 0.15) is 43.7 Å². The number of hydrogen-bond acceptors (Lipinski definition) is 2. The highest BCUT2D eigenvalue weighted by molar-refractivity contribution is 6.30. The van der Waals surface area contributed by atoms with Crippen LogP contribution >= 0.6 is 11.6 Å². The molecule has 0 amide bonds. The molecule has 1 saturated carbocycles. The molecule has 3 heteroatoms. The standard InChI is InChI=1S/C17H26ClNO/c1-12-5-4-6-16(9-12)19-7-8-20-17-13(2)10-15(18)11-14(17)3/h10-12,16,19H,4-9H2,1-3H3. The highest BCUT2D eigenvalue weighted by Crippen LogP contribution is 2.27. The van der Waals surface area contributed by atoms with E-state index in [-0.39, 0.29) is 0 Å². The molecule has 0 radical (unpaired) electrons. The van der Waals surface area contributed by atoms with E-state index in [0.717, 1.165) is 34.4 Å². The summed E-state index contributed by atoms with van der Waals surface area (Å²) in [6.07, 6.45) is 5.36. The Morgan fingerprint density at radius 1 is 1.25 bits per heavy atom. The van der Waals surface area contributed by atoms with Crippen molar-refractivity contribution in [2.24, 2.45) is 5.92 Å². The smallest absolute Gasteiger partial charge is 0.125 e. The molecule has 20 heavy (non-hydrogen) atoms. The van der Waals surface area contributed by atoms with Crippen molar-refractivity contribution in [2.45, 2.75) is 52.5 Å². The van der Waals surface area contributed by atoms with Crippen molar-refractivity contribution in [2.75, 3.05) is 13.2 Å². The summed E-state index contributed by atoms with van der Waals surface area (Å²) in [6, 6.07) is 4.59. The molecule has 0 spiro atoms. The molecular formula is C17H26ClNO. The van der Waals surface area contributed by atoms with E-state index in [2.05, 4.69) is 12.2 Å². The molecule has 2 rings (SSSR count). The Morgan fingerprint density at radius 2 is 1.95 bits per heavy atom. The molecule has 112 valence electrons. The first-order valence-corrected chi connectivity index (χ1v) is 8.07. The predicted molar refractivity (Wildman–Crippen MR) is 85.8 cm³/mol. The maximum Gasteiger partial charge on any atom is 0.125 e. The highest BCUT2D eigenvalue weighted by Gasteiger charge is 2.17. The Labute approximate surface area is 127 Å². The van der Waals surface area contributed by atoms with Gasteiger partial charge >= 0.3 is 0 Å². The van der Waals surface area contributed by atoms with Crippen molar-refractivity contribution >= 4 is 11.6 Å². The number of hydrogen-bond donors (Lipinski definition) is 1. The lowest BCUT2D eigenvalue weighted by molar-refractivity contribution is 0.265. The molecular weight excluding hydrogens is 270 g/mol. The maximum atomic E-state index is 6.03. The van der Waals surface area contributed by atoms with E-state index in [1.54, 1.807) is 0 Å². The van der Waals surface area contributed by atoms with Crippen molar-refractivity contribution in [1.29, 1.82) is 0 Å². The Bertz CT molecular complexity index is 424. The lowest BCUT2D eigenvalue weighted by Gasteiger charge is -2.27. The summed E-state index contributed by atoms with van der Waals surface area (Å²) >= 11 is 6.03. The lowest BCUT2D eigenvalue weighted by atomic mass is 9.87. The zero-order valence-corrected chi connectivity index (χ0v) is 13.6. The van der Waals surface area contributed by atoms with E-state index in [9.17, 15) is 0 Å². The number of halogens is 1. The SMILES string of the molecule is Cc1cc(Cl)cc(C)c1OCCNC1CCCC(C)C1. The number of benzene rings is 1. The van der Waals surface area contributed by atoms with Crippen LogP contribution in [0.15, 0.2) is 12.1 Å². The molecule has 1 aliphatic rings. The fourth-order valence-electron chi connectivity index (χ4n) is 3.16. The Balaban J connectivity index is 1.76. The van der Waals surface area contributed by atoms with E-state index in [1.165, 1.54) is 25.7 Å². The largest absolute Gasteiger partial charge is 0.492 e. The monoisotopic (exact) mass is 295 g/mol. The second-order valence-electron chi connectivity index (χ2n) is 6.14. The number of rotatable bonds is 5. The normalized spacial score (nSPS) is 22.8. The van der Waals surface area contributed by atoms with Gasteiger partial charge in [0.05, 0.1) is 0 Å². The Kier molecular flexibility index (Phi) is 5.74. The van der Waals surface area contributed by atoms with Crippen molar-refractivity contribution in [3.05, 3.63) is 28.3 Å². The van der Waals surface area contributed by atoms with Crippen LogP contribution in [0.4, 0.5) is 0 Å². The average molecular weight is 296 g/mol. The van der Waals surface area contributed by atoms with Crippen molar-refractivity contribution < 1.29 is 4.74 Å². The van der Waals surface area contributed by atoms with Gasteiger partial charge in [0.15, 0.2) is 0 Å². The number of ether oxygens (including phenoxy) is 1. The minimum absolute atomic E-state index is 0.676. The molecule has 1 aromatic rings. The quantitative estimate of drug-likeness (QED) is 0.807. The number of aryl methyl sites for hydroxylation is 2. The van der Waals surface area contributed by atoms with Crippen LogP contribution in [0.5, 0.6) is 5.75 Å². The van der Waals surface area contributed by atoms with E-state index >= 15 is 0 Å². The van der Waals surface area contributed by atoms with E-state index in [4.69, 9.17) is 16.3 Å². The zero-order chi connectivity index (χ0) is 14.5. The minimum Gasteiger partial charge on any atom is -0.492 e. The van der Waals surface area contributed by atoms with Crippen molar-refractivity contribution in [3.8, 4) is 5.75 Å². The summed E-state index contributed by atoms with van der Waals surface area (Å²) in [5.41, 5.74) is 2.22. The van der Waals surface area contributed by atoms with Crippen LogP contribution in [0.2, 0.25) is 5.02 Å². The first kappa shape index (κ1) is 15.7. The summed E-state index contributed by atoms with van der Waals surface area (Å²) in [4.78, 5) is 0. The van der Waals surface area contributed by atoms with Gasteiger partial charge in [0.25, 0.3) is 0 Å². The van der Waals surface area contributed by atoms with Gasteiger partial charge in [0.1, 0.15) is 12.4 Å². The fraction of sp³-hybridized carbons (Fsp3) is 0.647. The van der Waals surface area contributed by atoms with E-state index in [1.807, 2.05) is 26.0 Å². The van der Waals surface area contributed by atoms with Crippen molar-refractivity contribution in [1.82, 2.24) is 5.32 Å². The molecule has 0 saturated heterocycles. The molecule has 1 aromatic carbocycles. The van der Waals surface area contributed by atoms with Crippen molar-refractivity contribution in [3.63, 3.8) is 0 Å². The van der Waals surface area contributed by atoms with Gasteiger partial charge in [-0.05, 0) is 55.9 Å². The average Bonchev–Trinajstić information content (AvgIpc) is 2.36. The maximum absolute atomic E-state index is 6.03. The zero-order valence-electron chi connectivity index (χ0n) is 12.8. The molecule has 0 bridgehead atoms. The molecule has 2 nitrogen and oxygen atoms in total. The third kappa shape index (κ3) is 4.39. The van der Waals surface area contributed by atoms with Gasteiger partial charge in [-0.2, -0.15) is 0 Å². The molecule has 2 atom stereocenters. The summed E-state index contributed by atoms with van der Waals surface area (Å²) in [6.45, 7) is 8.08. The Hall–Kier alpha value is -0.730. The van der Waals surface area contributed by atoms with Gasteiger partial charge in [-0.15, -0.1) is 0 Å². The van der Waals surface area contributed by atoms with Crippen LogP contribution in [0.3, 0.4) is 0 Å². The summed E-state index contributed by atoms with van der Waals surface area (Å²) in [5.74, 6) is 1.84. The number of nitrogens with one attached hydrogen (secondary N) is 1. The minimum atomic E-state index is 0.676. The first-order chi connectivity index (χ1) is 9.56. The topological polar surface area (TPSA) is 21.3 Å². The fourth-order valence-corrected chi connectivity index (χ4v) is 3.49. The van der Waals surface area contributed by atoms with Crippen LogP contribution in [-0.4, -0.2) is 19.2 Å². The molecule has 1 fully saturated rings. The second-order valence-corrected chi connectivity index (χ2v) is 6.58.